The van der Waals surface area contributed by atoms with Crippen molar-refractivity contribution in [3.05, 3.63) is 47.8 Å². The number of anilines is 2. The molecule has 0 radical (unpaired) electrons. The predicted octanol–water partition coefficient (Wildman–Crippen LogP) is 1.85. The fourth-order valence-corrected chi connectivity index (χ4v) is 6.05. The van der Waals surface area contributed by atoms with E-state index in [2.05, 4.69) is 15.3 Å². The maximum atomic E-state index is 12.7. The van der Waals surface area contributed by atoms with Crippen molar-refractivity contribution in [2.45, 2.75) is 29.8 Å². The van der Waals surface area contributed by atoms with Crippen LogP contribution >= 0.6 is 0 Å². The quantitative estimate of drug-likeness (QED) is 0.868. The summed E-state index contributed by atoms with van der Waals surface area (Å²) in [4.78, 5) is 23.1. The lowest BCUT2D eigenvalue weighted by molar-refractivity contribution is -0.131. The van der Waals surface area contributed by atoms with Crippen LogP contribution in [-0.2, 0) is 20.4 Å². The van der Waals surface area contributed by atoms with E-state index in [1.165, 1.54) is 0 Å². The Labute approximate surface area is 157 Å². The molecule has 140 valence electrons. The fourth-order valence-electron chi connectivity index (χ4n) is 4.06. The number of nitrogens with zero attached hydrogens (tertiary/aromatic N) is 3. The second kappa shape index (κ2) is 6.02. The summed E-state index contributed by atoms with van der Waals surface area (Å²) >= 11 is 0. The Morgan fingerprint density at radius 3 is 2.67 bits per heavy atom. The molecule has 1 aromatic heterocycles. The molecule has 2 atom stereocenters. The van der Waals surface area contributed by atoms with Crippen LogP contribution in [0.4, 0.5) is 11.6 Å². The highest BCUT2D eigenvalue weighted by molar-refractivity contribution is 7.91. The van der Waals surface area contributed by atoms with Crippen LogP contribution in [0.15, 0.2) is 36.5 Å². The molecular weight excluding hydrogens is 364 g/mol. The third kappa shape index (κ3) is 2.97. The number of carbonyl (C=O) groups excluding carboxylic acids is 1. The topological polar surface area (TPSA) is 92.3 Å². The first-order valence-corrected chi connectivity index (χ1v) is 10.9. The molecule has 3 aliphatic rings. The van der Waals surface area contributed by atoms with E-state index in [0.29, 0.717) is 18.1 Å². The number of amides is 1. The van der Waals surface area contributed by atoms with Gasteiger partial charge >= 0.3 is 0 Å². The minimum absolute atomic E-state index is 0.0550. The Kier molecular flexibility index (Phi) is 3.72. The number of rotatable bonds is 3. The van der Waals surface area contributed by atoms with Crippen molar-refractivity contribution in [1.29, 1.82) is 0 Å². The van der Waals surface area contributed by atoms with Gasteiger partial charge in [-0.25, -0.2) is 18.4 Å². The van der Waals surface area contributed by atoms with Crippen molar-refractivity contribution in [3.8, 4) is 0 Å². The van der Waals surface area contributed by atoms with E-state index in [0.717, 1.165) is 24.2 Å². The molecule has 0 spiro atoms. The van der Waals surface area contributed by atoms with Crippen molar-refractivity contribution >= 4 is 27.4 Å². The Hall–Kier alpha value is -2.48. The van der Waals surface area contributed by atoms with Crippen LogP contribution < -0.4 is 5.32 Å². The van der Waals surface area contributed by atoms with Gasteiger partial charge in [-0.2, -0.15) is 0 Å². The highest BCUT2D eigenvalue weighted by Crippen LogP contribution is 2.41. The van der Waals surface area contributed by atoms with E-state index in [1.54, 1.807) is 11.1 Å². The van der Waals surface area contributed by atoms with E-state index in [1.807, 2.05) is 30.3 Å². The van der Waals surface area contributed by atoms with E-state index in [4.69, 9.17) is 0 Å². The van der Waals surface area contributed by atoms with Gasteiger partial charge in [-0.05, 0) is 25.0 Å². The lowest BCUT2D eigenvalue weighted by Crippen LogP contribution is -2.36. The molecule has 8 heteroatoms. The molecule has 7 nitrogen and oxygen atoms in total. The highest BCUT2D eigenvalue weighted by Gasteiger charge is 2.50. The molecule has 5 rings (SSSR count). The van der Waals surface area contributed by atoms with Gasteiger partial charge in [0.05, 0.1) is 16.7 Å². The number of para-hydroxylation sites is 1. The largest absolute Gasteiger partial charge is 0.340 e. The Morgan fingerprint density at radius 1 is 1.15 bits per heavy atom. The van der Waals surface area contributed by atoms with Crippen LogP contribution in [0.2, 0.25) is 0 Å². The van der Waals surface area contributed by atoms with Crippen molar-refractivity contribution in [1.82, 2.24) is 14.9 Å². The summed E-state index contributed by atoms with van der Waals surface area (Å²) < 4.78 is 25.5. The lowest BCUT2D eigenvalue weighted by atomic mass is 10.00. The molecule has 1 saturated heterocycles. The second-order valence-electron chi connectivity index (χ2n) is 7.56. The third-order valence-electron chi connectivity index (χ3n) is 5.60. The summed E-state index contributed by atoms with van der Waals surface area (Å²) in [5, 5.41) is 2.60. The van der Waals surface area contributed by atoms with Crippen LogP contribution in [-0.4, -0.2) is 47.5 Å². The summed E-state index contributed by atoms with van der Waals surface area (Å²) in [6.07, 6.45) is 3.44. The van der Waals surface area contributed by atoms with Crippen LogP contribution in [0.25, 0.3) is 0 Å². The van der Waals surface area contributed by atoms with Crippen LogP contribution in [0.3, 0.4) is 0 Å². The lowest BCUT2D eigenvalue weighted by Gasteiger charge is -2.26. The normalized spacial score (nSPS) is 25.6. The SMILES string of the molecule is O=C(C1CC1)N1C[C@H]2c3nc(Nc4ccccc4)ncc3CS(=O)(=O)[C@H]2C1. The standard InChI is InChI=1S/C19H20N4O3S/c24-18(12-6-7-12)23-9-15-16(10-23)27(25,26)11-13-8-20-19(22-17(13)15)21-14-4-2-1-3-5-14/h1-5,8,12,15-16H,6-7,9-11H2,(H,20,21,22)/t15-,16+/m1/s1. The van der Waals surface area contributed by atoms with Gasteiger partial charge in [-0.15, -0.1) is 0 Å². The first-order chi connectivity index (χ1) is 13.0. The number of benzene rings is 1. The number of hydrogen-bond acceptors (Lipinski definition) is 6. The number of hydrogen-bond donors (Lipinski definition) is 1. The van der Waals surface area contributed by atoms with Gasteiger partial charge in [0.1, 0.15) is 0 Å². The zero-order valence-electron chi connectivity index (χ0n) is 14.7. The molecule has 0 unspecified atom stereocenters. The van der Waals surface area contributed by atoms with Gasteiger partial charge < -0.3 is 10.2 Å². The van der Waals surface area contributed by atoms with Crippen molar-refractivity contribution in [2.75, 3.05) is 18.4 Å². The summed E-state index contributed by atoms with van der Waals surface area (Å²) in [7, 11) is -3.31. The zero-order chi connectivity index (χ0) is 18.6. The zero-order valence-corrected chi connectivity index (χ0v) is 15.5. The van der Waals surface area contributed by atoms with Crippen molar-refractivity contribution in [3.63, 3.8) is 0 Å². The molecule has 2 fully saturated rings. The molecule has 2 aromatic rings. The predicted molar refractivity (Wildman–Crippen MR) is 100 cm³/mol. The molecule has 2 aliphatic heterocycles. The van der Waals surface area contributed by atoms with Gasteiger partial charge in [0.25, 0.3) is 0 Å². The molecule has 0 bridgehead atoms. The smallest absolute Gasteiger partial charge is 0.227 e. The first kappa shape index (κ1) is 16.7. The summed E-state index contributed by atoms with van der Waals surface area (Å²) in [6, 6.07) is 9.60. The average Bonchev–Trinajstić information content (AvgIpc) is 3.40. The molecule has 1 amide bonds. The van der Waals surface area contributed by atoms with Gasteiger partial charge in [0.2, 0.25) is 11.9 Å². The summed E-state index contributed by atoms with van der Waals surface area (Å²) in [5.74, 6) is 0.303. The number of aromatic nitrogens is 2. The average molecular weight is 384 g/mol. The minimum Gasteiger partial charge on any atom is -0.340 e. The second-order valence-corrected chi connectivity index (χ2v) is 9.78. The van der Waals surface area contributed by atoms with E-state index < -0.39 is 15.1 Å². The number of carbonyl (C=O) groups is 1. The van der Waals surface area contributed by atoms with E-state index in [-0.39, 0.29) is 30.0 Å². The van der Waals surface area contributed by atoms with Gasteiger partial charge in [-0.3, -0.25) is 4.79 Å². The molecule has 1 saturated carbocycles. The molecule has 1 aliphatic carbocycles. The Bertz CT molecular complexity index is 1000. The Morgan fingerprint density at radius 2 is 1.93 bits per heavy atom. The highest BCUT2D eigenvalue weighted by atomic mass is 32.2. The maximum absolute atomic E-state index is 12.7. The van der Waals surface area contributed by atoms with Crippen LogP contribution in [0, 0.1) is 5.92 Å². The molecule has 1 N–H and O–H groups in total. The number of nitrogens with one attached hydrogen (secondary N) is 1. The number of sulfone groups is 1. The third-order valence-corrected chi connectivity index (χ3v) is 7.72. The fraction of sp³-hybridized carbons (Fsp3) is 0.421. The molecule has 1 aromatic carbocycles. The first-order valence-electron chi connectivity index (χ1n) is 9.19. The van der Waals surface area contributed by atoms with Crippen molar-refractivity contribution < 1.29 is 13.2 Å². The van der Waals surface area contributed by atoms with Crippen LogP contribution in [0.5, 0.6) is 0 Å². The Balaban J connectivity index is 1.48. The molecular formula is C19H20N4O3S. The van der Waals surface area contributed by atoms with Crippen LogP contribution in [0.1, 0.15) is 30.0 Å². The van der Waals surface area contributed by atoms with E-state index in [9.17, 15) is 13.2 Å². The number of likely N-dealkylation sites (tertiary alicyclic amines) is 1. The maximum Gasteiger partial charge on any atom is 0.227 e. The molecule has 27 heavy (non-hydrogen) atoms. The summed E-state index contributed by atoms with van der Waals surface area (Å²) in [5.41, 5.74) is 2.28. The van der Waals surface area contributed by atoms with Crippen molar-refractivity contribution in [2.24, 2.45) is 5.92 Å². The van der Waals surface area contributed by atoms with E-state index >= 15 is 0 Å². The van der Waals surface area contributed by atoms with Gasteiger partial charge in [0.15, 0.2) is 9.84 Å². The summed E-state index contributed by atoms with van der Waals surface area (Å²) in [6.45, 7) is 0.710. The number of fused-ring (bicyclic) bond motifs is 3. The monoisotopic (exact) mass is 384 g/mol. The van der Waals surface area contributed by atoms with Gasteiger partial charge in [0, 0.05) is 42.4 Å². The minimum atomic E-state index is -3.31. The van der Waals surface area contributed by atoms with Gasteiger partial charge in [-0.1, -0.05) is 18.2 Å². The molecule has 3 heterocycles.